The van der Waals surface area contributed by atoms with E-state index >= 15 is 0 Å². The average molecular weight is 457 g/mol. The van der Waals surface area contributed by atoms with Crippen LogP contribution in [0.3, 0.4) is 0 Å². The van der Waals surface area contributed by atoms with E-state index in [9.17, 15) is 4.79 Å². The largest absolute Gasteiger partial charge is 0.299 e. The van der Waals surface area contributed by atoms with Gasteiger partial charge in [0.15, 0.2) is 0 Å². The summed E-state index contributed by atoms with van der Waals surface area (Å²) in [4.78, 5) is 18.3. The van der Waals surface area contributed by atoms with Crippen molar-refractivity contribution in [3.05, 3.63) is 108 Å². The lowest BCUT2D eigenvalue weighted by molar-refractivity contribution is -0.124. The Morgan fingerprint density at radius 3 is 2.60 bits per heavy atom. The molecule has 1 aromatic heterocycles. The third kappa shape index (κ3) is 3.72. The predicted octanol–water partition coefficient (Wildman–Crippen LogP) is 8.13. The van der Waals surface area contributed by atoms with Crippen LogP contribution in [0.5, 0.6) is 0 Å². The number of aryl methyl sites for hydroxylation is 1. The molecule has 0 N–H and O–H groups in total. The van der Waals surface area contributed by atoms with Gasteiger partial charge in [0.1, 0.15) is 5.78 Å². The van der Waals surface area contributed by atoms with Crippen LogP contribution in [0.15, 0.2) is 85.1 Å². The van der Waals surface area contributed by atoms with Crippen molar-refractivity contribution in [1.82, 2.24) is 4.98 Å². The van der Waals surface area contributed by atoms with E-state index in [4.69, 9.17) is 0 Å². The van der Waals surface area contributed by atoms with Gasteiger partial charge in [0, 0.05) is 24.4 Å². The quantitative estimate of drug-likeness (QED) is 0.191. The molecule has 5 aromatic rings. The van der Waals surface area contributed by atoms with Gasteiger partial charge in [-0.15, -0.1) is 0 Å². The molecule has 0 fully saturated rings. The molecular weight excluding hydrogens is 426 g/mol. The second kappa shape index (κ2) is 8.92. The maximum atomic E-state index is 13.8. The highest BCUT2D eigenvalue weighted by molar-refractivity contribution is 6.10. The smallest absolute Gasteiger partial charge is 0.144 e. The Hall–Kier alpha value is -3.52. The summed E-state index contributed by atoms with van der Waals surface area (Å²) in [5, 5.41) is 6.24. The molecule has 0 spiro atoms. The first-order valence-corrected chi connectivity index (χ1v) is 12.9. The second-order valence-electron chi connectivity index (χ2n) is 9.93. The molecule has 4 aromatic carbocycles. The number of fused-ring (bicyclic) bond motifs is 6. The number of benzene rings is 4. The highest BCUT2D eigenvalue weighted by Crippen LogP contribution is 2.46. The van der Waals surface area contributed by atoms with Crippen LogP contribution >= 0.6 is 0 Å². The van der Waals surface area contributed by atoms with Crippen LogP contribution < -0.4 is 0 Å². The van der Waals surface area contributed by atoms with Crippen molar-refractivity contribution in [2.24, 2.45) is 0 Å². The molecule has 35 heavy (non-hydrogen) atoms. The van der Waals surface area contributed by atoms with Crippen LogP contribution in [0.1, 0.15) is 55.7 Å². The zero-order valence-corrected chi connectivity index (χ0v) is 20.3. The number of nitrogens with zero attached hydrogens (tertiary/aromatic N) is 1. The molecule has 0 bridgehead atoms. The minimum Gasteiger partial charge on any atom is -0.299 e. The summed E-state index contributed by atoms with van der Waals surface area (Å²) in [6, 6.07) is 28.0. The zero-order valence-electron chi connectivity index (χ0n) is 20.3. The molecule has 6 rings (SSSR count). The fourth-order valence-corrected chi connectivity index (χ4v) is 6.08. The maximum absolute atomic E-state index is 13.8. The topological polar surface area (TPSA) is 30.0 Å². The highest BCUT2D eigenvalue weighted by atomic mass is 16.1. The summed E-state index contributed by atoms with van der Waals surface area (Å²) in [7, 11) is 0. The molecule has 1 radical (unpaired) electrons. The van der Waals surface area contributed by atoms with Crippen molar-refractivity contribution in [2.45, 2.75) is 50.9 Å². The van der Waals surface area contributed by atoms with Gasteiger partial charge in [0.05, 0.1) is 10.9 Å². The number of unbranched alkanes of at least 4 members (excludes halogenated alkanes) is 2. The number of hydrogen-bond donors (Lipinski definition) is 0. The van der Waals surface area contributed by atoms with Gasteiger partial charge < -0.3 is 0 Å². The van der Waals surface area contributed by atoms with E-state index in [1.807, 2.05) is 12.3 Å². The molecule has 1 aliphatic carbocycles. The van der Waals surface area contributed by atoms with E-state index in [1.54, 1.807) is 0 Å². The predicted molar refractivity (Wildman–Crippen MR) is 146 cm³/mol. The molecule has 2 heteroatoms. The van der Waals surface area contributed by atoms with Gasteiger partial charge in [-0.05, 0) is 69.3 Å². The number of Topliss-reactive ketones (excluding diaryl/α,β-unsaturated/α-hetero) is 1. The van der Waals surface area contributed by atoms with Gasteiger partial charge in [-0.25, -0.2) is 0 Å². The summed E-state index contributed by atoms with van der Waals surface area (Å²) < 4.78 is 0. The summed E-state index contributed by atoms with van der Waals surface area (Å²) in [5.41, 5.74) is 4.06. The van der Waals surface area contributed by atoms with E-state index in [1.165, 1.54) is 32.7 Å². The van der Waals surface area contributed by atoms with Gasteiger partial charge in [0.25, 0.3) is 0 Å². The SMILES string of the molecule is CCCCCC1([CH]c2ccc3ncccc3c2)C(=O)CCc2c1ccc1c2ccc2ccccc21. The van der Waals surface area contributed by atoms with Gasteiger partial charge >= 0.3 is 0 Å². The van der Waals surface area contributed by atoms with Gasteiger partial charge in [-0.1, -0.05) is 86.8 Å². The molecule has 173 valence electrons. The molecular formula is C33H30NO. The fraction of sp³-hybridized carbons (Fsp3) is 0.242. The van der Waals surface area contributed by atoms with E-state index < -0.39 is 5.41 Å². The standard InChI is InChI=1S/C33H30NO/c1-2-3-6-19-33(22-23-11-17-31-25(21-23)9-7-20-34-31)30-16-14-27-26-10-5-4-8-24(26)12-13-28(27)29(30)15-18-32(33)35/h4-5,7-14,16-17,20-22H,2-3,6,15,18-19H2,1H3. The Bertz CT molecular complexity index is 1570. The zero-order chi connectivity index (χ0) is 23.8. The van der Waals surface area contributed by atoms with Crippen molar-refractivity contribution < 1.29 is 4.79 Å². The van der Waals surface area contributed by atoms with E-state index in [-0.39, 0.29) is 0 Å². The van der Waals surface area contributed by atoms with E-state index in [0.717, 1.165) is 48.6 Å². The first-order valence-electron chi connectivity index (χ1n) is 12.9. The number of hydrogen-bond acceptors (Lipinski definition) is 2. The van der Waals surface area contributed by atoms with Crippen molar-refractivity contribution in [1.29, 1.82) is 0 Å². The van der Waals surface area contributed by atoms with Crippen LogP contribution in [-0.2, 0) is 16.6 Å². The molecule has 1 unspecified atom stereocenters. The Labute approximate surface area is 207 Å². The van der Waals surface area contributed by atoms with Crippen LogP contribution in [0, 0.1) is 6.42 Å². The third-order valence-corrected chi connectivity index (χ3v) is 7.83. The highest BCUT2D eigenvalue weighted by Gasteiger charge is 2.43. The molecule has 0 amide bonds. The number of ketones is 1. The number of rotatable bonds is 6. The first kappa shape index (κ1) is 22.0. The second-order valence-corrected chi connectivity index (χ2v) is 9.93. The summed E-state index contributed by atoms with van der Waals surface area (Å²) in [5.74, 6) is 0.354. The Kier molecular flexibility index (Phi) is 5.60. The van der Waals surface area contributed by atoms with Crippen LogP contribution in [-0.4, -0.2) is 10.8 Å². The lowest BCUT2D eigenvalue weighted by Crippen LogP contribution is -2.41. The molecule has 0 aliphatic heterocycles. The van der Waals surface area contributed by atoms with Crippen molar-refractivity contribution in [2.75, 3.05) is 0 Å². The summed E-state index contributed by atoms with van der Waals surface area (Å²) in [6.07, 6.45) is 9.68. The van der Waals surface area contributed by atoms with E-state index in [2.05, 4.69) is 91.1 Å². The number of aromatic nitrogens is 1. The monoisotopic (exact) mass is 456 g/mol. The van der Waals surface area contributed by atoms with Gasteiger partial charge in [-0.2, -0.15) is 0 Å². The summed E-state index contributed by atoms with van der Waals surface area (Å²) in [6.45, 7) is 2.22. The summed E-state index contributed by atoms with van der Waals surface area (Å²) >= 11 is 0. The molecule has 1 heterocycles. The molecule has 1 atom stereocenters. The van der Waals surface area contributed by atoms with Crippen molar-refractivity contribution in [3.8, 4) is 0 Å². The number of carbonyl (C=O) groups is 1. The molecule has 0 saturated carbocycles. The van der Waals surface area contributed by atoms with E-state index in [0.29, 0.717) is 12.2 Å². The van der Waals surface area contributed by atoms with Gasteiger partial charge in [0.2, 0.25) is 0 Å². The van der Waals surface area contributed by atoms with Crippen LogP contribution in [0.25, 0.3) is 32.4 Å². The minimum absolute atomic E-state index is 0.354. The molecule has 2 nitrogen and oxygen atoms in total. The normalized spacial score (nSPS) is 17.8. The maximum Gasteiger partial charge on any atom is 0.144 e. The Morgan fingerprint density at radius 1 is 0.829 bits per heavy atom. The molecule has 1 aliphatic rings. The minimum atomic E-state index is -0.585. The van der Waals surface area contributed by atoms with Gasteiger partial charge in [-0.3, -0.25) is 9.78 Å². The number of carbonyl (C=O) groups excluding carboxylic acids is 1. The van der Waals surface area contributed by atoms with Crippen LogP contribution in [0.2, 0.25) is 0 Å². The molecule has 0 saturated heterocycles. The average Bonchev–Trinajstić information content (AvgIpc) is 2.90. The van der Waals surface area contributed by atoms with Crippen molar-refractivity contribution in [3.63, 3.8) is 0 Å². The fourth-order valence-electron chi connectivity index (χ4n) is 6.08. The third-order valence-electron chi connectivity index (χ3n) is 7.83. The lowest BCUT2D eigenvalue weighted by Gasteiger charge is -2.39. The Balaban J connectivity index is 1.53. The number of pyridine rings is 1. The van der Waals surface area contributed by atoms with Crippen molar-refractivity contribution >= 4 is 38.2 Å². The first-order chi connectivity index (χ1) is 17.2. The lowest BCUT2D eigenvalue weighted by atomic mass is 9.63. The Morgan fingerprint density at radius 2 is 1.69 bits per heavy atom. The van der Waals surface area contributed by atoms with Crippen LogP contribution in [0.4, 0.5) is 0 Å².